The van der Waals surface area contributed by atoms with E-state index in [1.165, 1.54) is 11.3 Å². The number of hydrogen-bond donors (Lipinski definition) is 1. The predicted octanol–water partition coefficient (Wildman–Crippen LogP) is 2.51. The first-order valence-electron chi connectivity index (χ1n) is 6.94. The molecule has 2 aromatic heterocycles. The van der Waals surface area contributed by atoms with Gasteiger partial charge in [-0.2, -0.15) is 4.98 Å². The third-order valence-electron chi connectivity index (χ3n) is 3.23. The van der Waals surface area contributed by atoms with Gasteiger partial charge in [-0.25, -0.2) is 9.97 Å². The molecule has 7 heteroatoms. The molecule has 0 amide bonds. The molecule has 3 heterocycles. The van der Waals surface area contributed by atoms with Crippen molar-refractivity contribution in [2.24, 2.45) is 0 Å². The minimum Gasteiger partial charge on any atom is -0.481 e. The first kappa shape index (κ1) is 14.2. The maximum atomic E-state index is 5.48. The van der Waals surface area contributed by atoms with Crippen LogP contribution in [0.15, 0.2) is 11.4 Å². The molecular weight excluding hydrogens is 288 g/mol. The van der Waals surface area contributed by atoms with Crippen LogP contribution in [-0.2, 0) is 4.74 Å². The first-order chi connectivity index (χ1) is 10.2. The SMILES string of the molecule is COc1cc(NC2CCCOC2)nc(-c2nc(C)cs2)n1. The van der Waals surface area contributed by atoms with Gasteiger partial charge in [-0.1, -0.05) is 0 Å². The molecule has 1 saturated heterocycles. The van der Waals surface area contributed by atoms with Crippen LogP contribution < -0.4 is 10.1 Å². The lowest BCUT2D eigenvalue weighted by molar-refractivity contribution is 0.0875. The Balaban J connectivity index is 1.85. The second kappa shape index (κ2) is 6.36. The minimum atomic E-state index is 0.282. The van der Waals surface area contributed by atoms with E-state index < -0.39 is 0 Å². The van der Waals surface area contributed by atoms with Crippen molar-refractivity contribution in [2.45, 2.75) is 25.8 Å². The third-order valence-corrected chi connectivity index (χ3v) is 4.19. The summed E-state index contributed by atoms with van der Waals surface area (Å²) < 4.78 is 10.7. The molecule has 1 atom stereocenters. The Bertz CT molecular complexity index is 611. The Kier molecular flexibility index (Phi) is 4.31. The summed E-state index contributed by atoms with van der Waals surface area (Å²) in [5.41, 5.74) is 0.969. The number of thiazole rings is 1. The van der Waals surface area contributed by atoms with Gasteiger partial charge in [0.2, 0.25) is 5.88 Å². The third kappa shape index (κ3) is 3.48. The van der Waals surface area contributed by atoms with Crippen LogP contribution in [0.5, 0.6) is 5.88 Å². The van der Waals surface area contributed by atoms with E-state index >= 15 is 0 Å². The van der Waals surface area contributed by atoms with Gasteiger partial charge >= 0.3 is 0 Å². The summed E-state index contributed by atoms with van der Waals surface area (Å²) in [4.78, 5) is 13.4. The number of aromatic nitrogens is 3. The quantitative estimate of drug-likeness (QED) is 0.936. The van der Waals surface area contributed by atoms with Crippen LogP contribution in [0.1, 0.15) is 18.5 Å². The molecule has 112 valence electrons. The highest BCUT2D eigenvalue weighted by Crippen LogP contribution is 2.25. The van der Waals surface area contributed by atoms with Gasteiger partial charge in [0.15, 0.2) is 10.8 Å². The van der Waals surface area contributed by atoms with Gasteiger partial charge in [0, 0.05) is 23.7 Å². The summed E-state index contributed by atoms with van der Waals surface area (Å²) >= 11 is 1.53. The van der Waals surface area contributed by atoms with Crippen LogP contribution in [0.25, 0.3) is 10.8 Å². The van der Waals surface area contributed by atoms with E-state index in [0.717, 1.165) is 36.0 Å². The number of hydrogen-bond acceptors (Lipinski definition) is 7. The highest BCUT2D eigenvalue weighted by atomic mass is 32.1. The van der Waals surface area contributed by atoms with Crippen molar-refractivity contribution >= 4 is 17.2 Å². The maximum absolute atomic E-state index is 5.48. The Hall–Kier alpha value is -1.73. The largest absolute Gasteiger partial charge is 0.481 e. The molecule has 0 aliphatic carbocycles. The molecule has 21 heavy (non-hydrogen) atoms. The maximum Gasteiger partial charge on any atom is 0.218 e. The number of anilines is 1. The van der Waals surface area contributed by atoms with Crippen LogP contribution in [0, 0.1) is 6.92 Å². The van der Waals surface area contributed by atoms with E-state index in [4.69, 9.17) is 9.47 Å². The van der Waals surface area contributed by atoms with Crippen LogP contribution in [0.4, 0.5) is 5.82 Å². The van der Waals surface area contributed by atoms with Gasteiger partial charge in [-0.15, -0.1) is 11.3 Å². The molecule has 1 aliphatic rings. The van der Waals surface area contributed by atoms with E-state index in [1.54, 1.807) is 13.2 Å². The van der Waals surface area contributed by atoms with Gasteiger partial charge in [-0.3, -0.25) is 0 Å². The zero-order valence-corrected chi connectivity index (χ0v) is 12.9. The molecule has 0 aromatic carbocycles. The highest BCUT2D eigenvalue weighted by molar-refractivity contribution is 7.13. The van der Waals surface area contributed by atoms with Crippen molar-refractivity contribution in [1.29, 1.82) is 0 Å². The number of nitrogens with one attached hydrogen (secondary N) is 1. The van der Waals surface area contributed by atoms with Crippen molar-refractivity contribution in [3.05, 3.63) is 17.1 Å². The average molecular weight is 306 g/mol. The fourth-order valence-electron chi connectivity index (χ4n) is 2.22. The van der Waals surface area contributed by atoms with Gasteiger partial charge in [0.25, 0.3) is 0 Å². The lowest BCUT2D eigenvalue weighted by Gasteiger charge is -2.23. The van der Waals surface area contributed by atoms with Crippen molar-refractivity contribution in [3.8, 4) is 16.7 Å². The molecule has 0 bridgehead atoms. The van der Waals surface area contributed by atoms with Crippen LogP contribution in [-0.4, -0.2) is 41.3 Å². The molecule has 3 rings (SSSR count). The van der Waals surface area contributed by atoms with Crippen LogP contribution >= 0.6 is 11.3 Å². The molecule has 0 saturated carbocycles. The van der Waals surface area contributed by atoms with Gasteiger partial charge in [0.05, 0.1) is 19.8 Å². The number of rotatable bonds is 4. The molecular formula is C14H18N4O2S. The zero-order chi connectivity index (χ0) is 14.7. The Labute approximate surface area is 127 Å². The van der Waals surface area contributed by atoms with E-state index in [1.807, 2.05) is 12.3 Å². The highest BCUT2D eigenvalue weighted by Gasteiger charge is 2.16. The topological polar surface area (TPSA) is 69.2 Å². The lowest BCUT2D eigenvalue weighted by atomic mass is 10.1. The van der Waals surface area contributed by atoms with Crippen molar-refractivity contribution in [3.63, 3.8) is 0 Å². The van der Waals surface area contributed by atoms with Gasteiger partial charge < -0.3 is 14.8 Å². The Morgan fingerprint density at radius 1 is 1.38 bits per heavy atom. The molecule has 6 nitrogen and oxygen atoms in total. The number of methoxy groups -OCH3 is 1. The molecule has 0 spiro atoms. The number of ether oxygens (including phenoxy) is 2. The lowest BCUT2D eigenvalue weighted by Crippen LogP contribution is -2.30. The molecule has 1 aliphatic heterocycles. The monoisotopic (exact) mass is 306 g/mol. The van der Waals surface area contributed by atoms with E-state index in [9.17, 15) is 0 Å². The molecule has 0 radical (unpaired) electrons. The summed E-state index contributed by atoms with van der Waals surface area (Å²) in [7, 11) is 1.60. The summed E-state index contributed by atoms with van der Waals surface area (Å²) in [6, 6.07) is 2.09. The molecule has 1 unspecified atom stereocenters. The van der Waals surface area contributed by atoms with Gasteiger partial charge in [0.1, 0.15) is 5.82 Å². The van der Waals surface area contributed by atoms with Crippen molar-refractivity contribution in [2.75, 3.05) is 25.6 Å². The normalized spacial score (nSPS) is 18.5. The van der Waals surface area contributed by atoms with Crippen molar-refractivity contribution < 1.29 is 9.47 Å². The average Bonchev–Trinajstić information content (AvgIpc) is 2.94. The second-order valence-electron chi connectivity index (χ2n) is 4.97. The summed E-state index contributed by atoms with van der Waals surface area (Å²) in [6.45, 7) is 3.51. The Morgan fingerprint density at radius 3 is 2.95 bits per heavy atom. The molecule has 1 N–H and O–H groups in total. The van der Waals surface area contributed by atoms with E-state index in [-0.39, 0.29) is 6.04 Å². The molecule has 2 aromatic rings. The van der Waals surface area contributed by atoms with Crippen LogP contribution in [0.3, 0.4) is 0 Å². The van der Waals surface area contributed by atoms with E-state index in [0.29, 0.717) is 18.3 Å². The summed E-state index contributed by atoms with van der Waals surface area (Å²) in [5.74, 6) is 1.87. The number of nitrogens with zero attached hydrogens (tertiary/aromatic N) is 3. The molecule has 1 fully saturated rings. The fourth-order valence-corrected chi connectivity index (χ4v) is 2.95. The Morgan fingerprint density at radius 2 is 2.29 bits per heavy atom. The number of aryl methyl sites for hydroxylation is 1. The minimum absolute atomic E-state index is 0.282. The zero-order valence-electron chi connectivity index (χ0n) is 12.1. The predicted molar refractivity (Wildman–Crippen MR) is 81.9 cm³/mol. The summed E-state index contributed by atoms with van der Waals surface area (Å²) in [5, 5.41) is 6.18. The van der Waals surface area contributed by atoms with Crippen LogP contribution in [0.2, 0.25) is 0 Å². The summed E-state index contributed by atoms with van der Waals surface area (Å²) in [6.07, 6.45) is 2.15. The first-order valence-corrected chi connectivity index (χ1v) is 7.82. The smallest absolute Gasteiger partial charge is 0.218 e. The standard InChI is InChI=1S/C14H18N4O2S/c1-9-8-21-14(15-9)13-17-11(6-12(18-13)19-2)16-10-4-3-5-20-7-10/h6,8,10H,3-5,7H2,1-2H3,(H,16,17,18). The van der Waals surface area contributed by atoms with E-state index in [2.05, 4.69) is 20.3 Å². The van der Waals surface area contributed by atoms with Gasteiger partial charge in [-0.05, 0) is 19.8 Å². The van der Waals surface area contributed by atoms with Crippen molar-refractivity contribution in [1.82, 2.24) is 15.0 Å². The second-order valence-corrected chi connectivity index (χ2v) is 5.83. The fraction of sp³-hybridized carbons (Fsp3) is 0.500.